The summed E-state index contributed by atoms with van der Waals surface area (Å²) in [5, 5.41) is 0.762. The highest BCUT2D eigenvalue weighted by Crippen LogP contribution is 2.56. The van der Waals surface area contributed by atoms with Crippen LogP contribution in [0.25, 0.3) is 0 Å². The van der Waals surface area contributed by atoms with Gasteiger partial charge in [-0.1, -0.05) is 48.0 Å². The number of hydrogen-bond donors (Lipinski definition) is 0. The zero-order valence-corrected chi connectivity index (χ0v) is 15.1. The first-order valence-electron chi connectivity index (χ1n) is 8.88. The second-order valence-electron chi connectivity index (χ2n) is 6.83. The van der Waals surface area contributed by atoms with Crippen LogP contribution in [0.2, 0.25) is 5.02 Å². The zero-order valence-electron chi connectivity index (χ0n) is 14.3. The minimum Gasteiger partial charge on any atom is -0.462 e. The van der Waals surface area contributed by atoms with Gasteiger partial charge in [-0.25, -0.2) is 4.79 Å². The van der Waals surface area contributed by atoms with Gasteiger partial charge in [-0.15, -0.1) is 0 Å². The van der Waals surface area contributed by atoms with Gasteiger partial charge in [-0.2, -0.15) is 0 Å². The van der Waals surface area contributed by atoms with Crippen LogP contribution in [0.3, 0.4) is 0 Å². The fourth-order valence-electron chi connectivity index (χ4n) is 4.53. The fourth-order valence-corrected chi connectivity index (χ4v) is 4.71. The van der Waals surface area contributed by atoms with E-state index in [2.05, 4.69) is 42.5 Å². The van der Waals surface area contributed by atoms with Gasteiger partial charge >= 0.3 is 5.97 Å². The molecule has 3 aliphatic rings. The maximum absolute atomic E-state index is 12.2. The molecule has 0 spiro atoms. The van der Waals surface area contributed by atoms with Crippen LogP contribution in [-0.4, -0.2) is 12.6 Å². The van der Waals surface area contributed by atoms with Crippen molar-refractivity contribution in [3.8, 4) is 0 Å². The Labute approximate surface area is 157 Å². The zero-order chi connectivity index (χ0) is 17.8. The van der Waals surface area contributed by atoms with Crippen LogP contribution in [0.5, 0.6) is 0 Å². The van der Waals surface area contributed by atoms with E-state index in [1.54, 1.807) is 0 Å². The molecule has 2 bridgehead atoms. The van der Waals surface area contributed by atoms with Crippen LogP contribution in [0.1, 0.15) is 62.5 Å². The van der Waals surface area contributed by atoms with Gasteiger partial charge in [0, 0.05) is 16.9 Å². The van der Waals surface area contributed by atoms with Gasteiger partial charge in [0.15, 0.2) is 0 Å². The summed E-state index contributed by atoms with van der Waals surface area (Å²) < 4.78 is 5.20. The van der Waals surface area contributed by atoms with Crippen molar-refractivity contribution in [3.63, 3.8) is 0 Å². The Balaban J connectivity index is 1.76. The van der Waals surface area contributed by atoms with Crippen LogP contribution in [0.15, 0.2) is 60.7 Å². The van der Waals surface area contributed by atoms with Crippen molar-refractivity contribution in [2.45, 2.75) is 18.8 Å². The lowest BCUT2D eigenvalue weighted by Gasteiger charge is -2.42. The number of carbonyl (C=O) groups excluding carboxylic acids is 1. The molecule has 3 aromatic rings. The van der Waals surface area contributed by atoms with E-state index in [-0.39, 0.29) is 17.8 Å². The molecular formula is C23H17ClO2. The summed E-state index contributed by atoms with van der Waals surface area (Å²) in [4.78, 5) is 12.2. The van der Waals surface area contributed by atoms with E-state index in [1.165, 1.54) is 33.4 Å². The maximum atomic E-state index is 12.2. The second kappa shape index (κ2) is 5.72. The van der Waals surface area contributed by atoms with Gasteiger partial charge in [0.1, 0.15) is 0 Å². The predicted molar refractivity (Wildman–Crippen MR) is 102 cm³/mol. The number of rotatable bonds is 2. The molecule has 0 saturated heterocycles. The minimum atomic E-state index is -0.263. The molecule has 0 saturated carbocycles. The van der Waals surface area contributed by atoms with Gasteiger partial charge in [-0.05, 0) is 64.6 Å². The molecule has 6 rings (SSSR count). The molecule has 0 aromatic heterocycles. The van der Waals surface area contributed by atoms with Gasteiger partial charge < -0.3 is 4.74 Å². The first-order valence-corrected chi connectivity index (χ1v) is 9.26. The molecule has 0 N–H and O–H groups in total. The molecule has 3 aromatic carbocycles. The Morgan fingerprint density at radius 3 is 2.08 bits per heavy atom. The Bertz CT molecular complexity index is 1050. The topological polar surface area (TPSA) is 26.3 Å². The summed E-state index contributed by atoms with van der Waals surface area (Å²) in [6, 6.07) is 20.7. The van der Waals surface area contributed by atoms with E-state index in [0.717, 1.165) is 5.02 Å². The Hall–Kier alpha value is -2.58. The van der Waals surface area contributed by atoms with Crippen molar-refractivity contribution in [1.82, 2.24) is 0 Å². The summed E-state index contributed by atoms with van der Waals surface area (Å²) in [6.45, 7) is 2.21. The highest BCUT2D eigenvalue weighted by molar-refractivity contribution is 6.30. The van der Waals surface area contributed by atoms with Crippen molar-refractivity contribution in [1.29, 1.82) is 0 Å². The quantitative estimate of drug-likeness (QED) is 0.388. The monoisotopic (exact) mass is 360 g/mol. The fraction of sp³-hybridized carbons (Fsp3) is 0.174. The molecule has 26 heavy (non-hydrogen) atoms. The van der Waals surface area contributed by atoms with Crippen molar-refractivity contribution in [2.24, 2.45) is 0 Å². The van der Waals surface area contributed by atoms with E-state index < -0.39 is 0 Å². The largest absolute Gasteiger partial charge is 0.462 e. The van der Waals surface area contributed by atoms with Gasteiger partial charge in [0.25, 0.3) is 0 Å². The molecule has 128 valence electrons. The van der Waals surface area contributed by atoms with E-state index in [1.807, 2.05) is 25.1 Å². The van der Waals surface area contributed by atoms with Crippen molar-refractivity contribution in [3.05, 3.63) is 105 Å². The van der Waals surface area contributed by atoms with E-state index in [0.29, 0.717) is 12.2 Å². The number of hydrogen-bond acceptors (Lipinski definition) is 2. The Kier molecular flexibility index (Phi) is 3.44. The average molecular weight is 361 g/mol. The Morgan fingerprint density at radius 1 is 0.846 bits per heavy atom. The first-order chi connectivity index (χ1) is 12.7. The van der Waals surface area contributed by atoms with Crippen LogP contribution in [-0.2, 0) is 4.74 Å². The van der Waals surface area contributed by atoms with E-state index >= 15 is 0 Å². The lowest BCUT2D eigenvalue weighted by Crippen LogP contribution is -2.27. The third-order valence-electron chi connectivity index (χ3n) is 5.51. The second-order valence-corrected chi connectivity index (χ2v) is 7.27. The summed E-state index contributed by atoms with van der Waals surface area (Å²) in [7, 11) is 0. The number of halogens is 1. The molecule has 0 fully saturated rings. The predicted octanol–water partition coefficient (Wildman–Crippen LogP) is 5.50. The molecule has 3 heteroatoms. The SMILES string of the molecule is CCOC(=O)c1ccc2c(c1)C1c3ccccc3C2c2cc(Cl)ccc21. The molecule has 0 heterocycles. The lowest BCUT2D eigenvalue weighted by atomic mass is 9.61. The molecule has 0 amide bonds. The van der Waals surface area contributed by atoms with Crippen LogP contribution in [0, 0.1) is 0 Å². The first kappa shape index (κ1) is 15.7. The summed E-state index contributed by atoms with van der Waals surface area (Å²) in [5.41, 5.74) is 8.30. The molecule has 0 radical (unpaired) electrons. The number of benzene rings is 3. The van der Waals surface area contributed by atoms with Gasteiger partial charge in [0.05, 0.1) is 12.2 Å². The third kappa shape index (κ3) is 2.09. The van der Waals surface area contributed by atoms with Crippen LogP contribution < -0.4 is 0 Å². The van der Waals surface area contributed by atoms with Gasteiger partial charge in [0.2, 0.25) is 0 Å². The molecular weight excluding hydrogens is 344 g/mol. The maximum Gasteiger partial charge on any atom is 0.338 e. The van der Waals surface area contributed by atoms with E-state index in [9.17, 15) is 4.79 Å². The minimum absolute atomic E-state index is 0.132. The van der Waals surface area contributed by atoms with Gasteiger partial charge in [-0.3, -0.25) is 0 Å². The van der Waals surface area contributed by atoms with Crippen molar-refractivity contribution < 1.29 is 9.53 Å². The Morgan fingerprint density at radius 2 is 1.42 bits per heavy atom. The third-order valence-corrected chi connectivity index (χ3v) is 5.74. The number of esters is 1. The molecule has 2 nitrogen and oxygen atoms in total. The summed E-state index contributed by atoms with van der Waals surface area (Å²) in [5.74, 6) is 0.0327. The average Bonchev–Trinajstić information content (AvgIpc) is 2.67. The highest BCUT2D eigenvalue weighted by atomic mass is 35.5. The standard InChI is InChI=1S/C23H17ClO2/c1-2-26-23(25)13-7-9-17-19(11-13)21-15-5-3-4-6-16(15)22(17)20-12-14(24)8-10-18(20)21/h3-12,21-22H,2H2,1H3. The highest BCUT2D eigenvalue weighted by Gasteiger charge is 2.41. The van der Waals surface area contributed by atoms with Crippen molar-refractivity contribution >= 4 is 17.6 Å². The normalized spacial score (nSPS) is 18.7. The lowest BCUT2D eigenvalue weighted by molar-refractivity contribution is 0.0526. The smallest absolute Gasteiger partial charge is 0.338 e. The van der Waals surface area contributed by atoms with E-state index in [4.69, 9.17) is 16.3 Å². The van der Waals surface area contributed by atoms with Crippen molar-refractivity contribution in [2.75, 3.05) is 6.61 Å². The molecule has 2 unspecified atom stereocenters. The summed E-state index contributed by atoms with van der Waals surface area (Å²) >= 11 is 6.31. The molecule has 2 atom stereocenters. The van der Waals surface area contributed by atoms with Crippen LogP contribution >= 0.6 is 11.6 Å². The molecule has 0 aliphatic heterocycles. The van der Waals surface area contributed by atoms with Crippen LogP contribution in [0.4, 0.5) is 0 Å². The molecule has 3 aliphatic carbocycles. The summed E-state index contributed by atoms with van der Waals surface area (Å²) in [6.07, 6.45) is 0. The number of ether oxygens (including phenoxy) is 1. The number of carbonyl (C=O) groups is 1.